The maximum absolute atomic E-state index is 11.5. The topological polar surface area (TPSA) is 42.4 Å². The van der Waals surface area contributed by atoms with E-state index >= 15 is 0 Å². The molecule has 0 aliphatic heterocycles. The second-order valence-corrected chi connectivity index (χ2v) is 6.73. The van der Waals surface area contributed by atoms with E-state index in [1.54, 1.807) is 11.3 Å². The number of hydrogen-bond donors (Lipinski definition) is 0. The average Bonchev–Trinajstić information content (AvgIpc) is 3.33. The van der Waals surface area contributed by atoms with Gasteiger partial charge in [-0.25, -0.2) is 4.98 Å². The molecule has 4 nitrogen and oxygen atoms in total. The lowest BCUT2D eigenvalue weighted by molar-refractivity contribution is -0.142. The smallest absolute Gasteiger partial charge is 0.311 e. The summed E-state index contributed by atoms with van der Waals surface area (Å²) in [6.07, 6.45) is 5.75. The predicted octanol–water partition coefficient (Wildman–Crippen LogP) is 2.88. The van der Waals surface area contributed by atoms with Crippen LogP contribution in [0.4, 0.5) is 5.13 Å². The van der Waals surface area contributed by atoms with E-state index in [2.05, 4.69) is 9.88 Å². The number of ether oxygens (including phenoxy) is 1. The Hall–Kier alpha value is -1.10. The van der Waals surface area contributed by atoms with E-state index in [1.807, 2.05) is 12.3 Å². The average molecular weight is 294 g/mol. The summed E-state index contributed by atoms with van der Waals surface area (Å²) in [6, 6.07) is 0. The van der Waals surface area contributed by atoms with Crippen LogP contribution in [0.25, 0.3) is 0 Å². The second-order valence-electron chi connectivity index (χ2n) is 5.89. The van der Waals surface area contributed by atoms with Crippen LogP contribution in [0.3, 0.4) is 0 Å². The van der Waals surface area contributed by atoms with Gasteiger partial charge in [0.1, 0.15) is 0 Å². The minimum absolute atomic E-state index is 0.180. The van der Waals surface area contributed by atoms with Crippen LogP contribution in [-0.2, 0) is 16.0 Å². The molecule has 20 heavy (non-hydrogen) atoms. The first-order chi connectivity index (χ1) is 9.74. The first kappa shape index (κ1) is 13.9. The Morgan fingerprint density at radius 3 is 2.55 bits per heavy atom. The Morgan fingerprint density at radius 2 is 2.00 bits per heavy atom. The normalized spacial score (nSPS) is 18.1. The standard InChI is InChI=1S/C15H22N2O2S/c1-2-19-14(18)7-13-10-20-15(16-13)17(8-11-3-4-11)9-12-5-6-12/h10-12H,2-9H2,1H3. The van der Waals surface area contributed by atoms with Gasteiger partial charge >= 0.3 is 5.97 Å². The molecule has 0 bridgehead atoms. The van der Waals surface area contributed by atoms with E-state index in [9.17, 15) is 4.79 Å². The summed E-state index contributed by atoms with van der Waals surface area (Å²) in [4.78, 5) is 18.6. The van der Waals surface area contributed by atoms with Crippen molar-refractivity contribution in [1.82, 2.24) is 4.98 Å². The fraction of sp³-hybridized carbons (Fsp3) is 0.733. The van der Waals surface area contributed by atoms with Crippen LogP contribution in [0, 0.1) is 11.8 Å². The molecule has 5 heteroatoms. The molecule has 3 rings (SSSR count). The molecule has 0 unspecified atom stereocenters. The molecule has 0 N–H and O–H groups in total. The lowest BCUT2D eigenvalue weighted by Gasteiger charge is -2.21. The number of carbonyl (C=O) groups excluding carboxylic acids is 1. The summed E-state index contributed by atoms with van der Waals surface area (Å²) < 4.78 is 4.98. The van der Waals surface area contributed by atoms with Crippen molar-refractivity contribution in [2.75, 3.05) is 24.6 Å². The summed E-state index contributed by atoms with van der Waals surface area (Å²) >= 11 is 1.66. The molecular formula is C15H22N2O2S. The van der Waals surface area contributed by atoms with Crippen LogP contribution in [-0.4, -0.2) is 30.6 Å². The zero-order chi connectivity index (χ0) is 13.9. The van der Waals surface area contributed by atoms with Gasteiger partial charge in [0.2, 0.25) is 0 Å². The van der Waals surface area contributed by atoms with Gasteiger partial charge in [-0.05, 0) is 44.4 Å². The molecule has 0 atom stereocenters. The maximum Gasteiger partial charge on any atom is 0.311 e. The molecule has 2 aliphatic carbocycles. The lowest BCUT2D eigenvalue weighted by atomic mass is 10.3. The quantitative estimate of drug-likeness (QED) is 0.691. The number of anilines is 1. The van der Waals surface area contributed by atoms with Crippen molar-refractivity contribution in [2.24, 2.45) is 11.8 Å². The van der Waals surface area contributed by atoms with Gasteiger partial charge in [0.15, 0.2) is 5.13 Å². The second kappa shape index (κ2) is 6.12. The Balaban J connectivity index is 1.60. The number of thiazole rings is 1. The zero-order valence-corrected chi connectivity index (χ0v) is 12.8. The largest absolute Gasteiger partial charge is 0.466 e. The Bertz CT molecular complexity index is 452. The minimum atomic E-state index is -0.180. The van der Waals surface area contributed by atoms with Crippen LogP contribution >= 0.6 is 11.3 Å². The van der Waals surface area contributed by atoms with Crippen LogP contribution in [0.5, 0.6) is 0 Å². The third-order valence-electron chi connectivity index (χ3n) is 3.79. The summed E-state index contributed by atoms with van der Waals surface area (Å²) in [6.45, 7) is 4.55. The summed E-state index contributed by atoms with van der Waals surface area (Å²) in [7, 11) is 0. The van der Waals surface area contributed by atoms with Crippen LogP contribution in [0.15, 0.2) is 5.38 Å². The Labute approximate surface area is 124 Å². The molecule has 0 saturated heterocycles. The third kappa shape index (κ3) is 3.95. The van der Waals surface area contributed by atoms with Crippen LogP contribution in [0.2, 0.25) is 0 Å². The highest BCUT2D eigenvalue weighted by Gasteiger charge is 2.30. The summed E-state index contributed by atoms with van der Waals surface area (Å²) in [5.41, 5.74) is 0.847. The molecule has 0 amide bonds. The van der Waals surface area contributed by atoms with Gasteiger partial charge in [0.25, 0.3) is 0 Å². The Kier molecular flexibility index (Phi) is 4.24. The van der Waals surface area contributed by atoms with Crippen molar-refractivity contribution in [3.05, 3.63) is 11.1 Å². The fourth-order valence-electron chi connectivity index (χ4n) is 2.34. The van der Waals surface area contributed by atoms with Crippen molar-refractivity contribution >= 4 is 22.4 Å². The highest BCUT2D eigenvalue weighted by Crippen LogP contribution is 2.36. The number of carbonyl (C=O) groups is 1. The number of nitrogens with zero attached hydrogens (tertiary/aromatic N) is 2. The molecule has 110 valence electrons. The van der Waals surface area contributed by atoms with E-state index < -0.39 is 0 Å². The maximum atomic E-state index is 11.5. The highest BCUT2D eigenvalue weighted by molar-refractivity contribution is 7.13. The van der Waals surface area contributed by atoms with Gasteiger partial charge in [0, 0.05) is 18.5 Å². The van der Waals surface area contributed by atoms with Crippen molar-refractivity contribution < 1.29 is 9.53 Å². The number of aromatic nitrogens is 1. The lowest BCUT2D eigenvalue weighted by Crippen LogP contribution is -2.28. The van der Waals surface area contributed by atoms with E-state index in [0.29, 0.717) is 13.0 Å². The molecule has 2 fully saturated rings. The molecule has 1 heterocycles. The third-order valence-corrected chi connectivity index (χ3v) is 4.74. The molecular weight excluding hydrogens is 272 g/mol. The SMILES string of the molecule is CCOC(=O)Cc1csc(N(CC2CC2)CC2CC2)n1. The van der Waals surface area contributed by atoms with E-state index in [0.717, 1.165) is 35.8 Å². The van der Waals surface area contributed by atoms with Crippen molar-refractivity contribution in [1.29, 1.82) is 0 Å². The molecule has 2 saturated carbocycles. The molecule has 0 spiro atoms. The number of rotatable bonds is 8. The predicted molar refractivity (Wildman–Crippen MR) is 80.1 cm³/mol. The number of esters is 1. The van der Waals surface area contributed by atoms with E-state index in [1.165, 1.54) is 25.7 Å². The van der Waals surface area contributed by atoms with Gasteiger partial charge in [-0.1, -0.05) is 0 Å². The van der Waals surface area contributed by atoms with Crippen molar-refractivity contribution in [3.63, 3.8) is 0 Å². The number of hydrogen-bond acceptors (Lipinski definition) is 5. The zero-order valence-electron chi connectivity index (χ0n) is 12.0. The van der Waals surface area contributed by atoms with Crippen LogP contribution < -0.4 is 4.90 Å². The first-order valence-electron chi connectivity index (χ1n) is 7.59. The molecule has 2 aliphatic rings. The van der Waals surface area contributed by atoms with Gasteiger partial charge in [-0.2, -0.15) is 0 Å². The highest BCUT2D eigenvalue weighted by atomic mass is 32.1. The van der Waals surface area contributed by atoms with Gasteiger partial charge in [0.05, 0.1) is 18.7 Å². The van der Waals surface area contributed by atoms with Crippen molar-refractivity contribution in [3.8, 4) is 0 Å². The minimum Gasteiger partial charge on any atom is -0.466 e. The molecule has 1 aromatic rings. The van der Waals surface area contributed by atoms with Gasteiger partial charge in [-0.3, -0.25) is 4.79 Å². The van der Waals surface area contributed by atoms with Crippen molar-refractivity contribution in [2.45, 2.75) is 39.0 Å². The first-order valence-corrected chi connectivity index (χ1v) is 8.47. The fourth-order valence-corrected chi connectivity index (χ4v) is 3.18. The Morgan fingerprint density at radius 1 is 1.35 bits per heavy atom. The molecule has 1 aromatic heterocycles. The monoisotopic (exact) mass is 294 g/mol. The molecule has 0 radical (unpaired) electrons. The van der Waals surface area contributed by atoms with Crippen LogP contribution in [0.1, 0.15) is 38.3 Å². The van der Waals surface area contributed by atoms with E-state index in [4.69, 9.17) is 4.74 Å². The summed E-state index contributed by atoms with van der Waals surface area (Å²) in [5.74, 6) is 1.55. The van der Waals surface area contributed by atoms with E-state index in [-0.39, 0.29) is 5.97 Å². The van der Waals surface area contributed by atoms with Gasteiger partial charge < -0.3 is 9.64 Å². The molecule has 0 aromatic carbocycles. The van der Waals surface area contributed by atoms with Gasteiger partial charge in [-0.15, -0.1) is 11.3 Å². The summed E-state index contributed by atoms with van der Waals surface area (Å²) in [5, 5.41) is 3.09.